The Kier molecular flexibility index (Phi) is 2.87. The molecule has 3 rings (SSSR count). The molecule has 0 fully saturated rings. The maximum Gasteiger partial charge on any atom is 0.238 e. The molecular formula is C15H10ClNO. The van der Waals surface area contributed by atoms with E-state index in [2.05, 4.69) is 4.98 Å². The van der Waals surface area contributed by atoms with Crippen LogP contribution in [0.3, 0.4) is 0 Å². The van der Waals surface area contributed by atoms with Crippen LogP contribution in [0, 0.1) is 0 Å². The van der Waals surface area contributed by atoms with Crippen molar-refractivity contribution in [2.24, 2.45) is 0 Å². The summed E-state index contributed by atoms with van der Waals surface area (Å²) in [6.07, 6.45) is 1.84. The fourth-order valence-electron chi connectivity index (χ4n) is 1.73. The molecule has 0 saturated heterocycles. The molecule has 0 atom stereocenters. The van der Waals surface area contributed by atoms with Crippen molar-refractivity contribution in [2.75, 3.05) is 0 Å². The first-order chi connectivity index (χ1) is 8.83. The summed E-state index contributed by atoms with van der Waals surface area (Å²) in [5.41, 5.74) is 2.57. The molecule has 0 radical (unpaired) electrons. The molecule has 0 bridgehead atoms. The van der Waals surface area contributed by atoms with Gasteiger partial charge in [0.1, 0.15) is 10.5 Å². The number of para-hydroxylation sites is 2. The molecule has 2 aromatic carbocycles. The third-order valence-electron chi connectivity index (χ3n) is 2.59. The van der Waals surface area contributed by atoms with Crippen LogP contribution in [0.1, 0.15) is 11.5 Å². The minimum absolute atomic E-state index is 0.446. The molecule has 0 spiro atoms. The first-order valence-corrected chi connectivity index (χ1v) is 5.99. The van der Waals surface area contributed by atoms with E-state index in [1.807, 2.05) is 60.7 Å². The van der Waals surface area contributed by atoms with Crippen molar-refractivity contribution in [1.29, 1.82) is 0 Å². The monoisotopic (exact) mass is 255 g/mol. The Morgan fingerprint density at radius 1 is 1.00 bits per heavy atom. The van der Waals surface area contributed by atoms with Gasteiger partial charge in [-0.2, -0.15) is 0 Å². The lowest BCUT2D eigenvalue weighted by atomic mass is 10.2. The minimum Gasteiger partial charge on any atom is -0.435 e. The van der Waals surface area contributed by atoms with Gasteiger partial charge in [0, 0.05) is 0 Å². The molecule has 18 heavy (non-hydrogen) atoms. The summed E-state index contributed by atoms with van der Waals surface area (Å²) in [4.78, 5) is 4.34. The molecule has 88 valence electrons. The van der Waals surface area contributed by atoms with Gasteiger partial charge in [0.25, 0.3) is 0 Å². The van der Waals surface area contributed by atoms with Gasteiger partial charge in [0.2, 0.25) is 5.89 Å². The zero-order chi connectivity index (χ0) is 12.4. The summed E-state index contributed by atoms with van der Waals surface area (Å²) >= 11 is 6.22. The largest absolute Gasteiger partial charge is 0.435 e. The lowest BCUT2D eigenvalue weighted by Gasteiger charge is -1.93. The molecule has 0 aliphatic rings. The first-order valence-electron chi connectivity index (χ1n) is 5.61. The molecule has 0 N–H and O–H groups in total. The normalized spacial score (nSPS) is 11.9. The van der Waals surface area contributed by atoms with Crippen LogP contribution in [0.5, 0.6) is 0 Å². The number of aromatic nitrogens is 1. The van der Waals surface area contributed by atoms with Crippen molar-refractivity contribution in [2.45, 2.75) is 0 Å². The van der Waals surface area contributed by atoms with Crippen LogP contribution in [0.4, 0.5) is 0 Å². The maximum absolute atomic E-state index is 6.22. The van der Waals surface area contributed by atoms with Crippen molar-refractivity contribution in [1.82, 2.24) is 4.98 Å². The molecule has 0 unspecified atom stereocenters. The zero-order valence-corrected chi connectivity index (χ0v) is 10.3. The van der Waals surface area contributed by atoms with E-state index in [9.17, 15) is 0 Å². The Bertz CT molecular complexity index is 668. The molecule has 0 aliphatic heterocycles. The Balaban J connectivity index is 2.01. The topological polar surface area (TPSA) is 26.0 Å². The van der Waals surface area contributed by atoms with Crippen molar-refractivity contribution in [3.05, 3.63) is 66.1 Å². The smallest absolute Gasteiger partial charge is 0.238 e. The zero-order valence-electron chi connectivity index (χ0n) is 9.51. The number of nitrogens with zero attached hydrogens (tertiary/aromatic N) is 1. The van der Waals surface area contributed by atoms with Gasteiger partial charge in [-0.25, -0.2) is 4.98 Å². The lowest BCUT2D eigenvalue weighted by Crippen LogP contribution is -1.76. The number of hydrogen-bond donors (Lipinski definition) is 0. The highest BCUT2D eigenvalue weighted by molar-refractivity contribution is 6.50. The van der Waals surface area contributed by atoms with Crippen molar-refractivity contribution < 1.29 is 4.42 Å². The minimum atomic E-state index is 0.446. The quantitative estimate of drug-likeness (QED) is 0.671. The predicted octanol–water partition coefficient (Wildman–Crippen LogP) is 4.56. The summed E-state index contributed by atoms with van der Waals surface area (Å²) in [7, 11) is 0. The molecule has 3 aromatic rings. The fraction of sp³-hybridized carbons (Fsp3) is 0. The molecule has 0 aliphatic carbocycles. The van der Waals surface area contributed by atoms with Gasteiger partial charge in [-0.05, 0) is 23.8 Å². The number of halogens is 1. The summed E-state index contributed by atoms with van der Waals surface area (Å²) in [6.45, 7) is 0. The summed E-state index contributed by atoms with van der Waals surface area (Å²) in [6, 6.07) is 17.4. The fourth-order valence-corrected chi connectivity index (χ4v) is 1.94. The summed E-state index contributed by atoms with van der Waals surface area (Å²) in [5.74, 6) is 0.446. The molecule has 0 amide bonds. The highest BCUT2D eigenvalue weighted by Crippen LogP contribution is 2.25. The Morgan fingerprint density at radius 2 is 1.72 bits per heavy atom. The Labute approximate surface area is 110 Å². The number of fused-ring (bicyclic) bond motifs is 1. The lowest BCUT2D eigenvalue weighted by molar-refractivity contribution is 0.588. The number of rotatable bonds is 2. The van der Waals surface area contributed by atoms with E-state index < -0.39 is 0 Å². The average molecular weight is 256 g/mol. The van der Waals surface area contributed by atoms with Crippen LogP contribution in [-0.4, -0.2) is 4.98 Å². The highest BCUT2D eigenvalue weighted by Gasteiger charge is 2.08. The van der Waals surface area contributed by atoms with Gasteiger partial charge >= 0.3 is 0 Å². The van der Waals surface area contributed by atoms with Gasteiger partial charge in [-0.15, -0.1) is 0 Å². The van der Waals surface area contributed by atoms with Crippen LogP contribution < -0.4 is 0 Å². The van der Waals surface area contributed by atoms with E-state index in [1.165, 1.54) is 0 Å². The van der Waals surface area contributed by atoms with Crippen LogP contribution in [0.25, 0.3) is 22.2 Å². The third-order valence-corrected chi connectivity index (χ3v) is 2.86. The van der Waals surface area contributed by atoms with Crippen LogP contribution in [0.2, 0.25) is 0 Å². The van der Waals surface area contributed by atoms with Gasteiger partial charge in [-0.1, -0.05) is 54.1 Å². The van der Waals surface area contributed by atoms with Crippen molar-refractivity contribution >= 4 is 33.8 Å². The van der Waals surface area contributed by atoms with E-state index in [0.29, 0.717) is 10.9 Å². The van der Waals surface area contributed by atoms with Crippen LogP contribution in [0.15, 0.2) is 59.0 Å². The Morgan fingerprint density at radius 3 is 2.50 bits per heavy atom. The third kappa shape index (κ3) is 2.15. The van der Waals surface area contributed by atoms with E-state index in [0.717, 1.165) is 16.7 Å². The average Bonchev–Trinajstić information content (AvgIpc) is 2.84. The second-order valence-electron chi connectivity index (χ2n) is 3.89. The van der Waals surface area contributed by atoms with Gasteiger partial charge in [0.15, 0.2) is 5.58 Å². The molecule has 3 heteroatoms. The SMILES string of the molecule is Cl/C(=C\c1ccccc1)c1nc2ccccc2o1. The number of benzene rings is 2. The molecule has 2 nitrogen and oxygen atoms in total. The molecular weight excluding hydrogens is 246 g/mol. The van der Waals surface area contributed by atoms with E-state index >= 15 is 0 Å². The second kappa shape index (κ2) is 4.67. The highest BCUT2D eigenvalue weighted by atomic mass is 35.5. The van der Waals surface area contributed by atoms with E-state index in [-0.39, 0.29) is 0 Å². The summed E-state index contributed by atoms with van der Waals surface area (Å²) < 4.78 is 5.59. The van der Waals surface area contributed by atoms with Crippen molar-refractivity contribution in [3.63, 3.8) is 0 Å². The first kappa shape index (κ1) is 11.1. The maximum atomic E-state index is 6.22. The molecule has 1 heterocycles. The molecule has 1 aromatic heterocycles. The Hall–Kier alpha value is -2.06. The number of oxazole rings is 1. The molecule has 0 saturated carbocycles. The van der Waals surface area contributed by atoms with E-state index in [1.54, 1.807) is 0 Å². The van der Waals surface area contributed by atoms with Crippen molar-refractivity contribution in [3.8, 4) is 0 Å². The van der Waals surface area contributed by atoms with E-state index in [4.69, 9.17) is 16.0 Å². The second-order valence-corrected chi connectivity index (χ2v) is 4.30. The number of hydrogen-bond acceptors (Lipinski definition) is 2. The van der Waals surface area contributed by atoms with Gasteiger partial charge in [-0.3, -0.25) is 0 Å². The predicted molar refractivity (Wildman–Crippen MR) is 74.2 cm³/mol. The summed E-state index contributed by atoms with van der Waals surface area (Å²) in [5, 5.41) is 0.498. The standard InChI is InChI=1S/C15H10ClNO/c16-12(10-11-6-2-1-3-7-11)15-17-13-8-4-5-9-14(13)18-15/h1-10H/b12-10-. The van der Waals surface area contributed by atoms with Crippen LogP contribution in [-0.2, 0) is 0 Å². The van der Waals surface area contributed by atoms with Gasteiger partial charge in [0.05, 0.1) is 0 Å². The van der Waals surface area contributed by atoms with Gasteiger partial charge < -0.3 is 4.42 Å². The van der Waals surface area contributed by atoms with Crippen LogP contribution >= 0.6 is 11.6 Å².